The average molecular weight is 413 g/mol. The molecule has 0 atom stereocenters. The molecule has 0 aliphatic carbocycles. The van der Waals surface area contributed by atoms with E-state index in [1.54, 1.807) is 17.7 Å². The van der Waals surface area contributed by atoms with Crippen LogP contribution in [0.4, 0.5) is 0 Å². The normalized spacial score (nSPS) is 11.4. The van der Waals surface area contributed by atoms with Crippen molar-refractivity contribution in [1.29, 1.82) is 0 Å². The van der Waals surface area contributed by atoms with Crippen LogP contribution in [-0.4, -0.2) is 19.7 Å². The maximum absolute atomic E-state index is 13.1. The van der Waals surface area contributed by atoms with Gasteiger partial charge in [0.25, 0.3) is 11.4 Å². The van der Waals surface area contributed by atoms with Crippen LogP contribution in [0, 0.1) is 6.92 Å². The lowest BCUT2D eigenvalue weighted by Crippen LogP contribution is -2.21. The SMILES string of the molecule is Cc1ccc(-c2csc3ncn(Cc4noc(-c5cccs5)n4)c(=O)c23)s1. The molecule has 6 nitrogen and oxygen atoms in total. The highest BCUT2D eigenvalue weighted by Gasteiger charge is 2.16. The Labute approximate surface area is 165 Å². The fourth-order valence-corrected chi connectivity index (χ4v) is 5.32. The summed E-state index contributed by atoms with van der Waals surface area (Å²) in [6.45, 7) is 2.27. The Balaban J connectivity index is 1.54. The van der Waals surface area contributed by atoms with Gasteiger partial charge in [0.1, 0.15) is 4.83 Å². The van der Waals surface area contributed by atoms with Crippen molar-refractivity contribution >= 4 is 44.2 Å². The molecular weight excluding hydrogens is 400 g/mol. The smallest absolute Gasteiger partial charge is 0.268 e. The Bertz CT molecular complexity index is 1290. The summed E-state index contributed by atoms with van der Waals surface area (Å²) in [7, 11) is 0. The summed E-state index contributed by atoms with van der Waals surface area (Å²) in [6, 6.07) is 7.95. The minimum atomic E-state index is -0.0928. The molecule has 0 spiro atoms. The zero-order chi connectivity index (χ0) is 18.4. The molecule has 0 amide bonds. The molecule has 5 aromatic heterocycles. The molecule has 0 saturated heterocycles. The quantitative estimate of drug-likeness (QED) is 0.429. The molecule has 134 valence electrons. The Morgan fingerprint density at radius 3 is 2.89 bits per heavy atom. The van der Waals surface area contributed by atoms with E-state index in [1.807, 2.05) is 29.0 Å². The molecule has 0 saturated carbocycles. The second-order valence-corrected chi connectivity index (χ2v) is 9.00. The van der Waals surface area contributed by atoms with E-state index in [1.165, 1.54) is 32.1 Å². The minimum absolute atomic E-state index is 0.0928. The summed E-state index contributed by atoms with van der Waals surface area (Å²) < 4.78 is 6.84. The Hall–Kier alpha value is -2.62. The number of hydrogen-bond acceptors (Lipinski definition) is 8. The average Bonchev–Trinajstić information content (AvgIpc) is 3.43. The van der Waals surface area contributed by atoms with Gasteiger partial charge in [0.05, 0.1) is 23.1 Å². The molecule has 5 heterocycles. The molecule has 0 fully saturated rings. The van der Waals surface area contributed by atoms with E-state index in [-0.39, 0.29) is 12.1 Å². The monoisotopic (exact) mass is 412 g/mol. The zero-order valence-electron chi connectivity index (χ0n) is 14.1. The summed E-state index contributed by atoms with van der Waals surface area (Å²) in [5, 5.41) is 8.59. The van der Waals surface area contributed by atoms with Crippen LogP contribution in [-0.2, 0) is 6.54 Å². The summed E-state index contributed by atoms with van der Waals surface area (Å²) in [5.74, 6) is 0.915. The first kappa shape index (κ1) is 16.5. The number of aryl methyl sites for hydroxylation is 1. The Kier molecular flexibility index (Phi) is 4.00. The molecule has 0 aliphatic heterocycles. The van der Waals surface area contributed by atoms with Gasteiger partial charge in [0, 0.05) is 20.7 Å². The van der Waals surface area contributed by atoms with Crippen LogP contribution < -0.4 is 5.56 Å². The van der Waals surface area contributed by atoms with Crippen molar-refractivity contribution in [3.8, 4) is 21.2 Å². The van der Waals surface area contributed by atoms with Gasteiger partial charge in [-0.2, -0.15) is 4.98 Å². The van der Waals surface area contributed by atoms with Gasteiger partial charge in [-0.1, -0.05) is 11.2 Å². The van der Waals surface area contributed by atoms with Gasteiger partial charge in [0.2, 0.25) is 0 Å². The van der Waals surface area contributed by atoms with Crippen LogP contribution in [0.15, 0.2) is 50.7 Å². The summed E-state index contributed by atoms with van der Waals surface area (Å²) in [6.07, 6.45) is 1.55. The van der Waals surface area contributed by atoms with Gasteiger partial charge in [-0.25, -0.2) is 4.98 Å². The molecule has 0 aromatic carbocycles. The van der Waals surface area contributed by atoms with Gasteiger partial charge < -0.3 is 4.52 Å². The minimum Gasteiger partial charge on any atom is -0.333 e. The predicted molar refractivity (Wildman–Crippen MR) is 109 cm³/mol. The zero-order valence-corrected chi connectivity index (χ0v) is 16.5. The number of fused-ring (bicyclic) bond motifs is 1. The summed E-state index contributed by atoms with van der Waals surface area (Å²) in [5.41, 5.74) is 0.845. The van der Waals surface area contributed by atoms with Crippen LogP contribution in [0.25, 0.3) is 31.4 Å². The molecule has 27 heavy (non-hydrogen) atoms. The summed E-state index contributed by atoms with van der Waals surface area (Å²) >= 11 is 4.69. The third-order valence-electron chi connectivity index (χ3n) is 4.08. The van der Waals surface area contributed by atoms with Gasteiger partial charge in [-0.15, -0.1) is 34.0 Å². The van der Waals surface area contributed by atoms with Crippen molar-refractivity contribution in [3.05, 3.63) is 62.4 Å². The number of aromatic nitrogens is 4. The lowest BCUT2D eigenvalue weighted by molar-refractivity contribution is 0.421. The number of hydrogen-bond donors (Lipinski definition) is 0. The van der Waals surface area contributed by atoms with Crippen LogP contribution in [0.2, 0.25) is 0 Å². The van der Waals surface area contributed by atoms with Crippen LogP contribution in [0.3, 0.4) is 0 Å². The highest BCUT2D eigenvalue weighted by Crippen LogP contribution is 2.34. The van der Waals surface area contributed by atoms with Gasteiger partial charge in [-0.05, 0) is 30.5 Å². The van der Waals surface area contributed by atoms with E-state index in [9.17, 15) is 4.79 Å². The van der Waals surface area contributed by atoms with Gasteiger partial charge in [-0.3, -0.25) is 9.36 Å². The molecule has 0 N–H and O–H groups in total. The molecular formula is C18H12N4O2S3. The Morgan fingerprint density at radius 1 is 1.19 bits per heavy atom. The van der Waals surface area contributed by atoms with E-state index >= 15 is 0 Å². The molecule has 0 radical (unpaired) electrons. The first-order chi connectivity index (χ1) is 13.2. The molecule has 0 aliphatic rings. The fourth-order valence-electron chi connectivity index (χ4n) is 2.81. The highest BCUT2D eigenvalue weighted by molar-refractivity contribution is 7.19. The number of thiophene rings is 3. The van der Waals surface area contributed by atoms with E-state index in [2.05, 4.69) is 28.1 Å². The van der Waals surface area contributed by atoms with Gasteiger partial charge >= 0.3 is 0 Å². The van der Waals surface area contributed by atoms with Gasteiger partial charge in [0.15, 0.2) is 5.82 Å². The van der Waals surface area contributed by atoms with Crippen molar-refractivity contribution in [1.82, 2.24) is 19.7 Å². The van der Waals surface area contributed by atoms with Crippen LogP contribution >= 0.6 is 34.0 Å². The highest BCUT2D eigenvalue weighted by atomic mass is 32.1. The van der Waals surface area contributed by atoms with Crippen LogP contribution in [0.5, 0.6) is 0 Å². The third kappa shape index (κ3) is 2.93. The van der Waals surface area contributed by atoms with Crippen molar-refractivity contribution < 1.29 is 4.52 Å². The largest absolute Gasteiger partial charge is 0.333 e. The van der Waals surface area contributed by atoms with E-state index in [0.717, 1.165) is 20.1 Å². The number of nitrogens with zero attached hydrogens (tertiary/aromatic N) is 4. The van der Waals surface area contributed by atoms with Crippen molar-refractivity contribution in [2.24, 2.45) is 0 Å². The second-order valence-electron chi connectivity index (χ2n) is 5.91. The lowest BCUT2D eigenvalue weighted by Gasteiger charge is -2.02. The molecule has 0 unspecified atom stereocenters. The Morgan fingerprint density at radius 2 is 2.11 bits per heavy atom. The maximum atomic E-state index is 13.1. The fraction of sp³-hybridized carbons (Fsp3) is 0.111. The third-order valence-corrected chi connectivity index (χ3v) is 6.86. The molecule has 5 rings (SSSR count). The van der Waals surface area contributed by atoms with E-state index in [4.69, 9.17) is 4.52 Å². The molecule has 0 bridgehead atoms. The first-order valence-electron chi connectivity index (χ1n) is 8.09. The van der Waals surface area contributed by atoms with Crippen molar-refractivity contribution in [2.75, 3.05) is 0 Å². The topological polar surface area (TPSA) is 73.8 Å². The number of rotatable bonds is 4. The summed E-state index contributed by atoms with van der Waals surface area (Å²) in [4.78, 5) is 25.9. The second kappa shape index (κ2) is 6.52. The van der Waals surface area contributed by atoms with E-state index in [0.29, 0.717) is 17.1 Å². The van der Waals surface area contributed by atoms with Crippen LogP contribution in [0.1, 0.15) is 10.7 Å². The predicted octanol–water partition coefficient (Wildman–Crippen LogP) is 4.65. The van der Waals surface area contributed by atoms with E-state index < -0.39 is 0 Å². The maximum Gasteiger partial charge on any atom is 0.268 e. The van der Waals surface area contributed by atoms with Crippen molar-refractivity contribution in [3.63, 3.8) is 0 Å². The first-order valence-corrected chi connectivity index (χ1v) is 10.7. The lowest BCUT2D eigenvalue weighted by atomic mass is 10.2. The standard InChI is InChI=1S/C18H12N4O2S3/c1-10-4-5-12(27-10)11-8-26-17-15(11)18(23)22(9-19-17)7-14-20-16(24-21-14)13-3-2-6-25-13/h2-6,8-9H,7H2,1H3. The molecule has 9 heteroatoms. The van der Waals surface area contributed by atoms with Crippen molar-refractivity contribution in [2.45, 2.75) is 13.5 Å². The molecule has 5 aromatic rings.